The predicted octanol–water partition coefficient (Wildman–Crippen LogP) is -1.23. The van der Waals surface area contributed by atoms with Crippen molar-refractivity contribution in [3.8, 4) is 0 Å². The van der Waals surface area contributed by atoms with E-state index >= 15 is 0 Å². The number of carbonyl (C=O) groups is 1. The van der Waals surface area contributed by atoms with Crippen LogP contribution in [0, 0.1) is 6.92 Å². The molecule has 1 fully saturated rings. The Morgan fingerprint density at radius 1 is 1.19 bits per heavy atom. The van der Waals surface area contributed by atoms with E-state index < -0.39 is 10.0 Å². The molecule has 1 atom stereocenters. The smallest absolute Gasteiger partial charge is 0.282 e. The number of aryl methyl sites for hydroxylation is 1. The minimum atomic E-state index is -3.56. The van der Waals surface area contributed by atoms with Crippen molar-refractivity contribution in [2.75, 3.05) is 51.6 Å². The molecule has 7 nitrogen and oxygen atoms in total. The molecule has 1 aromatic rings. The van der Waals surface area contributed by atoms with Gasteiger partial charge in [0, 0.05) is 18.8 Å². The topological polar surface area (TPSA) is 75.4 Å². The van der Waals surface area contributed by atoms with Crippen molar-refractivity contribution in [2.45, 2.75) is 38.6 Å². The summed E-state index contributed by atoms with van der Waals surface area (Å²) < 4.78 is 27.2. The van der Waals surface area contributed by atoms with Crippen molar-refractivity contribution in [3.63, 3.8) is 0 Å². The molecule has 27 heavy (non-hydrogen) atoms. The molecule has 1 aliphatic heterocycles. The van der Waals surface area contributed by atoms with Gasteiger partial charge in [0.25, 0.3) is 5.91 Å². The molecule has 0 saturated carbocycles. The normalized spacial score (nSPS) is 21.9. The van der Waals surface area contributed by atoms with Gasteiger partial charge in [0.15, 0.2) is 6.04 Å². The summed E-state index contributed by atoms with van der Waals surface area (Å²) in [5.74, 6) is -0.0698. The highest BCUT2D eigenvalue weighted by Crippen LogP contribution is 2.23. The van der Waals surface area contributed by atoms with E-state index in [1.165, 1.54) is 14.1 Å². The highest BCUT2D eigenvalue weighted by atomic mass is 32.2. The standard InChI is InChI=1S/C19H32N4O3S/c1-6-23(7-2)27(25,26)18-14-17(9-8-15(18)3)20-19(24)16(4)22-12-10-21(5)11-13-22/h8-9,14,16H,6-7,10-13H2,1-5H3,(H,20,24)/p+2/t16-/m1/s1. The molecule has 0 spiro atoms. The first-order valence-corrected chi connectivity index (χ1v) is 11.2. The van der Waals surface area contributed by atoms with Crippen LogP contribution in [0.25, 0.3) is 0 Å². The third kappa shape index (κ3) is 5.07. The van der Waals surface area contributed by atoms with E-state index in [0.717, 1.165) is 26.2 Å². The maximum atomic E-state index is 12.9. The second-order valence-electron chi connectivity index (χ2n) is 7.40. The molecule has 0 aromatic heterocycles. The van der Waals surface area contributed by atoms with Crippen LogP contribution < -0.4 is 15.1 Å². The van der Waals surface area contributed by atoms with Crippen LogP contribution in [0.5, 0.6) is 0 Å². The number of quaternary nitrogens is 2. The first kappa shape index (κ1) is 21.8. The first-order chi connectivity index (χ1) is 12.7. The van der Waals surface area contributed by atoms with Crippen LogP contribution in [0.15, 0.2) is 23.1 Å². The van der Waals surface area contributed by atoms with Gasteiger partial charge in [-0.1, -0.05) is 19.9 Å². The fourth-order valence-corrected chi connectivity index (χ4v) is 5.23. The van der Waals surface area contributed by atoms with Crippen molar-refractivity contribution >= 4 is 21.6 Å². The molecule has 1 saturated heterocycles. The van der Waals surface area contributed by atoms with Gasteiger partial charge in [-0.05, 0) is 31.5 Å². The van der Waals surface area contributed by atoms with Crippen LogP contribution in [-0.2, 0) is 14.8 Å². The molecule has 0 unspecified atom stereocenters. The number of likely N-dealkylation sites (N-methyl/N-ethyl adjacent to an activating group) is 1. The van der Waals surface area contributed by atoms with Crippen LogP contribution >= 0.6 is 0 Å². The van der Waals surface area contributed by atoms with Gasteiger partial charge >= 0.3 is 0 Å². The van der Waals surface area contributed by atoms with Crippen LogP contribution in [-0.4, -0.2) is 71.0 Å². The lowest BCUT2D eigenvalue weighted by atomic mass is 10.2. The van der Waals surface area contributed by atoms with Gasteiger partial charge in [-0.25, -0.2) is 8.42 Å². The summed E-state index contributed by atoms with van der Waals surface area (Å²) in [7, 11) is -1.39. The predicted molar refractivity (Wildman–Crippen MR) is 107 cm³/mol. The maximum Gasteiger partial charge on any atom is 0.282 e. The Balaban J connectivity index is 2.17. The van der Waals surface area contributed by atoms with E-state index in [1.807, 2.05) is 20.8 Å². The summed E-state index contributed by atoms with van der Waals surface area (Å²) in [6, 6.07) is 4.94. The zero-order valence-electron chi connectivity index (χ0n) is 17.1. The van der Waals surface area contributed by atoms with E-state index in [1.54, 1.807) is 25.1 Å². The summed E-state index contributed by atoms with van der Waals surface area (Å²) in [6.45, 7) is 12.3. The van der Waals surface area contributed by atoms with Gasteiger partial charge in [-0.3, -0.25) is 4.79 Å². The van der Waals surface area contributed by atoms with Gasteiger partial charge in [0.05, 0.1) is 11.9 Å². The second-order valence-corrected chi connectivity index (χ2v) is 9.30. The number of hydrogen-bond acceptors (Lipinski definition) is 3. The Bertz CT molecular complexity index is 754. The van der Waals surface area contributed by atoms with Crippen LogP contribution in [0.3, 0.4) is 0 Å². The molecule has 3 N–H and O–H groups in total. The molecule has 0 aliphatic carbocycles. The number of nitrogens with one attached hydrogen (secondary N) is 3. The number of rotatable bonds is 7. The third-order valence-electron chi connectivity index (χ3n) is 5.53. The lowest BCUT2D eigenvalue weighted by Gasteiger charge is -2.30. The third-order valence-corrected chi connectivity index (χ3v) is 7.72. The van der Waals surface area contributed by atoms with Crippen LogP contribution in [0.1, 0.15) is 26.3 Å². The van der Waals surface area contributed by atoms with Crippen molar-refractivity contribution in [1.29, 1.82) is 0 Å². The van der Waals surface area contributed by atoms with Crippen molar-refractivity contribution in [1.82, 2.24) is 4.31 Å². The van der Waals surface area contributed by atoms with E-state index in [-0.39, 0.29) is 16.8 Å². The van der Waals surface area contributed by atoms with Crippen molar-refractivity contribution < 1.29 is 23.0 Å². The lowest BCUT2D eigenvalue weighted by Crippen LogP contribution is -3.29. The molecule has 0 bridgehead atoms. The summed E-state index contributed by atoms with van der Waals surface area (Å²) in [5, 5.41) is 2.92. The highest BCUT2D eigenvalue weighted by molar-refractivity contribution is 7.89. The SMILES string of the molecule is CCN(CC)S(=O)(=O)c1cc(NC(=O)[C@@H](C)[NH+]2CC[NH+](C)CC2)ccc1C. The number of piperazine rings is 1. The zero-order chi connectivity index (χ0) is 20.2. The molecule has 1 amide bonds. The fourth-order valence-electron chi connectivity index (χ4n) is 3.53. The minimum absolute atomic E-state index is 0.0698. The minimum Gasteiger partial charge on any atom is -0.328 e. The monoisotopic (exact) mass is 398 g/mol. The number of amides is 1. The number of carbonyl (C=O) groups excluding carboxylic acids is 1. The molecule has 2 rings (SSSR count). The molecule has 1 aromatic carbocycles. The number of benzene rings is 1. The summed E-state index contributed by atoms with van der Waals surface area (Å²) in [6.07, 6.45) is 0. The Morgan fingerprint density at radius 3 is 2.33 bits per heavy atom. The molecular weight excluding hydrogens is 364 g/mol. The molecule has 1 aliphatic rings. The van der Waals surface area contributed by atoms with Crippen LogP contribution in [0.2, 0.25) is 0 Å². The Morgan fingerprint density at radius 2 is 1.78 bits per heavy atom. The number of hydrogen-bond donors (Lipinski definition) is 3. The van der Waals surface area contributed by atoms with Crippen LogP contribution in [0.4, 0.5) is 5.69 Å². The van der Waals surface area contributed by atoms with Gasteiger partial charge in [0.1, 0.15) is 26.2 Å². The summed E-state index contributed by atoms with van der Waals surface area (Å²) >= 11 is 0. The first-order valence-electron chi connectivity index (χ1n) is 9.78. The Hall–Kier alpha value is -1.48. The number of nitrogens with zero attached hydrogens (tertiary/aromatic N) is 1. The average molecular weight is 399 g/mol. The van der Waals surface area contributed by atoms with E-state index in [9.17, 15) is 13.2 Å². The molecule has 1 heterocycles. The van der Waals surface area contributed by atoms with E-state index in [2.05, 4.69) is 12.4 Å². The van der Waals surface area contributed by atoms with Crippen molar-refractivity contribution in [3.05, 3.63) is 23.8 Å². The van der Waals surface area contributed by atoms with Gasteiger partial charge in [0.2, 0.25) is 10.0 Å². The molecule has 8 heteroatoms. The molecule has 152 valence electrons. The average Bonchev–Trinajstić information content (AvgIpc) is 2.64. The van der Waals surface area contributed by atoms with Crippen molar-refractivity contribution in [2.24, 2.45) is 0 Å². The quantitative estimate of drug-likeness (QED) is 0.538. The molecule has 0 radical (unpaired) electrons. The summed E-state index contributed by atoms with van der Waals surface area (Å²) in [5.41, 5.74) is 1.21. The maximum absolute atomic E-state index is 12.9. The van der Waals surface area contributed by atoms with Gasteiger partial charge in [-0.15, -0.1) is 0 Å². The van der Waals surface area contributed by atoms with Gasteiger partial charge in [-0.2, -0.15) is 4.31 Å². The molecular formula is C19H34N4O3S+2. The lowest BCUT2D eigenvalue weighted by molar-refractivity contribution is -1.01. The largest absolute Gasteiger partial charge is 0.328 e. The number of anilines is 1. The Labute approximate surface area is 163 Å². The van der Waals surface area contributed by atoms with E-state index in [4.69, 9.17) is 0 Å². The van der Waals surface area contributed by atoms with E-state index in [0.29, 0.717) is 24.3 Å². The summed E-state index contributed by atoms with van der Waals surface area (Å²) in [4.78, 5) is 15.7. The Kier molecular flexibility index (Phi) is 7.39. The highest BCUT2D eigenvalue weighted by Gasteiger charge is 2.30. The fraction of sp³-hybridized carbons (Fsp3) is 0.632. The van der Waals surface area contributed by atoms with Gasteiger partial charge < -0.3 is 15.1 Å². The second kappa shape index (κ2) is 9.14. The zero-order valence-corrected chi connectivity index (χ0v) is 17.9. The number of sulfonamides is 1.